The van der Waals surface area contributed by atoms with Crippen LogP contribution in [0.15, 0.2) is 24.3 Å². The van der Waals surface area contributed by atoms with Crippen molar-refractivity contribution in [2.75, 3.05) is 46.2 Å². The van der Waals surface area contributed by atoms with Crippen molar-refractivity contribution in [3.05, 3.63) is 29.3 Å². The van der Waals surface area contributed by atoms with E-state index in [1.165, 1.54) is 35.5 Å². The molecule has 2 amide bonds. The molecule has 2 N–H and O–H groups in total. The Labute approximate surface area is 162 Å². The van der Waals surface area contributed by atoms with Gasteiger partial charge in [-0.1, -0.05) is 11.6 Å². The van der Waals surface area contributed by atoms with Gasteiger partial charge in [-0.15, -0.1) is 0 Å². The molecule has 2 rings (SSSR count). The molecule has 0 spiro atoms. The van der Waals surface area contributed by atoms with Gasteiger partial charge in [0.1, 0.15) is 11.5 Å². The molecule has 0 saturated carbocycles. The number of hydrogen-bond donors (Lipinski definition) is 2. The molecule has 0 heterocycles. The lowest BCUT2D eigenvalue weighted by Crippen LogP contribution is -2.20. The Hall–Kier alpha value is -3.00. The molecule has 0 unspecified atom stereocenters. The largest absolute Gasteiger partial charge is 0.495 e. The average Bonchev–Trinajstić information content (AvgIpc) is 2.67. The number of carbonyl (C=O) groups is 1. The molecule has 27 heavy (non-hydrogen) atoms. The maximum Gasteiger partial charge on any atom is 0.323 e. The van der Waals surface area contributed by atoms with E-state index < -0.39 is 6.03 Å². The predicted molar refractivity (Wildman–Crippen MR) is 103 cm³/mol. The molecular formula is C18H21ClN2O6. The van der Waals surface area contributed by atoms with E-state index in [9.17, 15) is 4.79 Å². The van der Waals surface area contributed by atoms with Crippen LogP contribution in [0.25, 0.3) is 0 Å². The first-order valence-electron chi connectivity index (χ1n) is 7.76. The summed E-state index contributed by atoms with van der Waals surface area (Å²) in [6.07, 6.45) is 0. The summed E-state index contributed by atoms with van der Waals surface area (Å²) in [6.45, 7) is 0. The minimum Gasteiger partial charge on any atom is -0.495 e. The molecule has 0 aliphatic heterocycles. The van der Waals surface area contributed by atoms with Crippen LogP contribution in [-0.4, -0.2) is 41.6 Å². The number of anilines is 2. The smallest absolute Gasteiger partial charge is 0.323 e. The predicted octanol–water partition coefficient (Wildman–Crippen LogP) is 4.03. The van der Waals surface area contributed by atoms with Crippen molar-refractivity contribution in [1.29, 1.82) is 0 Å². The maximum atomic E-state index is 12.4. The number of carbonyl (C=O) groups excluding carboxylic acids is 1. The monoisotopic (exact) mass is 396 g/mol. The summed E-state index contributed by atoms with van der Waals surface area (Å²) in [4.78, 5) is 12.4. The lowest BCUT2D eigenvalue weighted by molar-refractivity contribution is 0.262. The van der Waals surface area contributed by atoms with Crippen LogP contribution < -0.4 is 34.3 Å². The Kier molecular flexibility index (Phi) is 6.84. The molecule has 8 nitrogen and oxygen atoms in total. The van der Waals surface area contributed by atoms with Crippen LogP contribution in [0, 0.1) is 0 Å². The second kappa shape index (κ2) is 9.09. The van der Waals surface area contributed by atoms with E-state index in [0.29, 0.717) is 45.1 Å². The van der Waals surface area contributed by atoms with Crippen LogP contribution in [0.1, 0.15) is 0 Å². The van der Waals surface area contributed by atoms with Gasteiger partial charge in [-0.25, -0.2) is 4.79 Å². The number of methoxy groups -OCH3 is 5. The molecule has 0 aliphatic carbocycles. The number of amides is 2. The molecule has 146 valence electrons. The SMILES string of the molecule is COc1cc(NC(=O)Nc2cc(OC)c(OC)c(OC)c2)c(OC)cc1Cl. The van der Waals surface area contributed by atoms with Crippen molar-refractivity contribution in [3.63, 3.8) is 0 Å². The van der Waals surface area contributed by atoms with E-state index in [2.05, 4.69) is 10.6 Å². The Bertz CT molecular complexity index is 803. The Balaban J connectivity index is 2.26. The number of nitrogens with one attached hydrogen (secondary N) is 2. The van der Waals surface area contributed by atoms with Gasteiger partial charge >= 0.3 is 6.03 Å². The van der Waals surface area contributed by atoms with Crippen molar-refractivity contribution >= 4 is 29.0 Å². The van der Waals surface area contributed by atoms with Gasteiger partial charge in [0.25, 0.3) is 0 Å². The third-order valence-corrected chi connectivity index (χ3v) is 3.94. The number of urea groups is 1. The highest BCUT2D eigenvalue weighted by atomic mass is 35.5. The zero-order valence-corrected chi connectivity index (χ0v) is 16.4. The summed E-state index contributed by atoms with van der Waals surface area (Å²) >= 11 is 6.07. The molecule has 0 aliphatic rings. The Morgan fingerprint density at radius 1 is 0.741 bits per heavy atom. The van der Waals surface area contributed by atoms with Gasteiger partial charge in [-0.2, -0.15) is 0 Å². The number of benzene rings is 2. The first kappa shape index (κ1) is 20.3. The number of halogens is 1. The van der Waals surface area contributed by atoms with Crippen molar-refractivity contribution in [1.82, 2.24) is 0 Å². The van der Waals surface area contributed by atoms with Gasteiger partial charge < -0.3 is 34.3 Å². The van der Waals surface area contributed by atoms with Crippen LogP contribution in [0.5, 0.6) is 28.7 Å². The number of ether oxygens (including phenoxy) is 5. The standard InChI is InChI=1S/C18H21ClN2O6/c1-23-13-9-12(14(24-2)8-11(13)19)21-18(22)20-10-6-15(25-3)17(27-5)16(7-10)26-4/h6-9H,1-5H3,(H2,20,21,22). The molecule has 9 heteroatoms. The molecule has 0 atom stereocenters. The average molecular weight is 397 g/mol. The van der Waals surface area contributed by atoms with Crippen molar-refractivity contribution in [2.24, 2.45) is 0 Å². The summed E-state index contributed by atoms with van der Waals surface area (Å²) in [5.41, 5.74) is 0.839. The highest BCUT2D eigenvalue weighted by molar-refractivity contribution is 6.32. The molecular weight excluding hydrogens is 376 g/mol. The zero-order chi connectivity index (χ0) is 20.0. The summed E-state index contributed by atoms with van der Waals surface area (Å²) in [7, 11) is 7.44. The third kappa shape index (κ3) is 4.59. The van der Waals surface area contributed by atoms with E-state index in [-0.39, 0.29) is 0 Å². The summed E-state index contributed by atoms with van der Waals surface area (Å²) < 4.78 is 26.2. The van der Waals surface area contributed by atoms with Crippen molar-refractivity contribution in [3.8, 4) is 28.7 Å². The first-order valence-corrected chi connectivity index (χ1v) is 8.14. The van der Waals surface area contributed by atoms with E-state index in [0.717, 1.165) is 0 Å². The lowest BCUT2D eigenvalue weighted by Gasteiger charge is -2.16. The number of hydrogen-bond acceptors (Lipinski definition) is 6. The van der Waals surface area contributed by atoms with Gasteiger partial charge in [-0.05, 0) is 0 Å². The molecule has 0 bridgehead atoms. The molecule has 2 aromatic carbocycles. The Morgan fingerprint density at radius 2 is 1.30 bits per heavy atom. The molecule has 0 saturated heterocycles. The molecule has 0 fully saturated rings. The van der Waals surface area contributed by atoms with E-state index in [4.69, 9.17) is 35.3 Å². The first-order chi connectivity index (χ1) is 13.0. The van der Waals surface area contributed by atoms with Crippen molar-refractivity contribution < 1.29 is 28.5 Å². The maximum absolute atomic E-state index is 12.4. The second-order valence-electron chi connectivity index (χ2n) is 5.18. The minimum atomic E-state index is -0.507. The second-order valence-corrected chi connectivity index (χ2v) is 5.59. The van der Waals surface area contributed by atoms with Crippen LogP contribution in [-0.2, 0) is 0 Å². The van der Waals surface area contributed by atoms with Gasteiger partial charge in [0.05, 0.1) is 51.9 Å². The fourth-order valence-electron chi connectivity index (χ4n) is 2.40. The van der Waals surface area contributed by atoms with Crippen LogP contribution in [0.2, 0.25) is 5.02 Å². The van der Waals surface area contributed by atoms with Crippen LogP contribution in [0.4, 0.5) is 16.2 Å². The van der Waals surface area contributed by atoms with Gasteiger partial charge in [0, 0.05) is 24.3 Å². The highest BCUT2D eigenvalue weighted by Crippen LogP contribution is 2.40. The number of rotatable bonds is 7. The normalized spacial score (nSPS) is 10.0. The van der Waals surface area contributed by atoms with Gasteiger partial charge in [-0.3, -0.25) is 0 Å². The fraction of sp³-hybridized carbons (Fsp3) is 0.278. The van der Waals surface area contributed by atoms with E-state index in [1.54, 1.807) is 24.3 Å². The summed E-state index contributed by atoms with van der Waals surface area (Å²) in [6, 6.07) is 5.83. The van der Waals surface area contributed by atoms with Gasteiger partial charge in [0.15, 0.2) is 11.5 Å². The lowest BCUT2D eigenvalue weighted by atomic mass is 10.2. The van der Waals surface area contributed by atoms with E-state index in [1.807, 2.05) is 0 Å². The molecule has 2 aromatic rings. The van der Waals surface area contributed by atoms with Crippen molar-refractivity contribution in [2.45, 2.75) is 0 Å². The van der Waals surface area contributed by atoms with E-state index >= 15 is 0 Å². The molecule has 0 aromatic heterocycles. The topological polar surface area (TPSA) is 87.3 Å². The quantitative estimate of drug-likeness (QED) is 0.734. The van der Waals surface area contributed by atoms with Gasteiger partial charge in [0.2, 0.25) is 5.75 Å². The zero-order valence-electron chi connectivity index (χ0n) is 15.6. The highest BCUT2D eigenvalue weighted by Gasteiger charge is 2.16. The third-order valence-electron chi connectivity index (χ3n) is 3.64. The fourth-order valence-corrected chi connectivity index (χ4v) is 2.63. The van der Waals surface area contributed by atoms with Crippen LogP contribution >= 0.6 is 11.6 Å². The summed E-state index contributed by atoms with van der Waals surface area (Å²) in [5.74, 6) is 2.05. The summed E-state index contributed by atoms with van der Waals surface area (Å²) in [5, 5.41) is 5.75. The van der Waals surface area contributed by atoms with Crippen LogP contribution in [0.3, 0.4) is 0 Å². The molecule has 0 radical (unpaired) electrons. The minimum absolute atomic E-state index is 0.366. The Morgan fingerprint density at radius 3 is 1.78 bits per heavy atom.